The van der Waals surface area contributed by atoms with E-state index in [4.69, 9.17) is 4.74 Å². The number of carbonyl (C=O) groups is 3. The van der Waals surface area contributed by atoms with E-state index in [0.717, 1.165) is 42.4 Å². The lowest BCUT2D eigenvalue weighted by Crippen LogP contribution is -2.57. The van der Waals surface area contributed by atoms with Crippen molar-refractivity contribution in [3.8, 4) is 0 Å². The van der Waals surface area contributed by atoms with E-state index in [1.807, 2.05) is 52.8 Å². The maximum Gasteiger partial charge on any atom is 0.408 e. The molecule has 38 heavy (non-hydrogen) atoms. The summed E-state index contributed by atoms with van der Waals surface area (Å²) in [7, 11) is 0. The number of nitrogens with zero attached hydrogens (tertiary/aromatic N) is 1. The highest BCUT2D eigenvalue weighted by Crippen LogP contribution is 2.30. The fourth-order valence-electron chi connectivity index (χ4n) is 4.46. The number of nitrogens with one attached hydrogen (secondary N) is 2. The van der Waals surface area contributed by atoms with E-state index in [2.05, 4.69) is 31.4 Å². The molecule has 0 bridgehead atoms. The third-order valence-corrected chi connectivity index (χ3v) is 6.57. The van der Waals surface area contributed by atoms with Gasteiger partial charge in [-0.1, -0.05) is 64.8 Å². The largest absolute Gasteiger partial charge is 0.444 e. The van der Waals surface area contributed by atoms with Gasteiger partial charge in [-0.3, -0.25) is 9.59 Å². The van der Waals surface area contributed by atoms with Crippen molar-refractivity contribution in [1.29, 1.82) is 0 Å². The van der Waals surface area contributed by atoms with E-state index < -0.39 is 23.8 Å². The second-order valence-corrected chi connectivity index (χ2v) is 12.3. The van der Waals surface area contributed by atoms with E-state index in [9.17, 15) is 14.4 Å². The van der Waals surface area contributed by atoms with Crippen LogP contribution in [0.15, 0.2) is 18.2 Å². The predicted octanol–water partition coefficient (Wildman–Crippen LogP) is 6.46. The summed E-state index contributed by atoms with van der Waals surface area (Å²) >= 11 is 0. The Balaban J connectivity index is 3.63. The SMILES string of the molecule is CCCCNC(=O)C(c1ccc(C)cc1C)N(C(=O)C(NC(=O)OC(C)(C)C)C(C)C)C(C)CCC(C)C. The van der Waals surface area contributed by atoms with E-state index in [-0.39, 0.29) is 23.8 Å². The standard InChI is InChI=1S/C31H53N3O4/c1-12-13-18-32-28(35)27(25-17-15-22(6)19-23(25)7)34(24(8)16-14-20(2)3)29(36)26(21(4)5)33-30(37)38-31(9,10)11/h15,17,19-21,24,26-27H,12-14,16,18H2,1-11H3,(H,32,35)(H,33,37). The van der Waals surface area contributed by atoms with Gasteiger partial charge in [0, 0.05) is 12.6 Å². The van der Waals surface area contributed by atoms with Gasteiger partial charge in [0.25, 0.3) is 0 Å². The fourth-order valence-corrected chi connectivity index (χ4v) is 4.46. The molecule has 0 aromatic heterocycles. The maximum absolute atomic E-state index is 14.4. The quantitative estimate of drug-likeness (QED) is 0.286. The molecule has 1 aromatic carbocycles. The van der Waals surface area contributed by atoms with Gasteiger partial charge in [0.2, 0.25) is 11.8 Å². The first kappa shape index (κ1) is 33.5. The normalized spacial score (nSPS) is 14.1. The van der Waals surface area contributed by atoms with Gasteiger partial charge < -0.3 is 20.3 Å². The Kier molecular flexibility index (Phi) is 13.3. The number of rotatable bonds is 13. The number of hydrogen-bond acceptors (Lipinski definition) is 4. The average molecular weight is 532 g/mol. The van der Waals surface area contributed by atoms with Crippen molar-refractivity contribution in [3.05, 3.63) is 34.9 Å². The fraction of sp³-hybridized carbons (Fsp3) is 0.710. The number of hydrogen-bond donors (Lipinski definition) is 2. The van der Waals surface area contributed by atoms with Gasteiger partial charge in [-0.2, -0.15) is 0 Å². The second kappa shape index (κ2) is 15.1. The van der Waals surface area contributed by atoms with Gasteiger partial charge in [0.15, 0.2) is 0 Å². The van der Waals surface area contributed by atoms with E-state index in [1.165, 1.54) is 0 Å². The molecule has 0 saturated heterocycles. The summed E-state index contributed by atoms with van der Waals surface area (Å²) in [5.74, 6) is -0.237. The van der Waals surface area contributed by atoms with Crippen LogP contribution in [0.25, 0.3) is 0 Å². The van der Waals surface area contributed by atoms with E-state index in [1.54, 1.807) is 25.7 Å². The molecule has 0 aliphatic heterocycles. The summed E-state index contributed by atoms with van der Waals surface area (Å²) < 4.78 is 5.48. The van der Waals surface area contributed by atoms with Crippen molar-refractivity contribution in [2.75, 3.05) is 6.54 Å². The molecule has 0 spiro atoms. The average Bonchev–Trinajstić information content (AvgIpc) is 2.78. The molecule has 7 nitrogen and oxygen atoms in total. The summed E-state index contributed by atoms with van der Waals surface area (Å²) in [6.07, 6.45) is 2.82. The van der Waals surface area contributed by atoms with Crippen molar-refractivity contribution in [2.24, 2.45) is 11.8 Å². The van der Waals surface area contributed by atoms with Crippen molar-refractivity contribution < 1.29 is 19.1 Å². The molecule has 1 aromatic rings. The molecule has 0 radical (unpaired) electrons. The molecule has 0 aliphatic rings. The Morgan fingerprint density at radius 3 is 2.13 bits per heavy atom. The van der Waals surface area contributed by atoms with Crippen LogP contribution in [0.2, 0.25) is 0 Å². The number of amides is 3. The van der Waals surface area contributed by atoms with Gasteiger partial charge >= 0.3 is 6.09 Å². The summed E-state index contributed by atoms with van der Waals surface area (Å²) in [6.45, 7) is 22.1. The Hall–Kier alpha value is -2.57. The lowest BCUT2D eigenvalue weighted by Gasteiger charge is -2.40. The molecule has 7 heteroatoms. The molecular weight excluding hydrogens is 478 g/mol. The van der Waals surface area contributed by atoms with Crippen molar-refractivity contribution in [1.82, 2.24) is 15.5 Å². The summed E-state index contributed by atoms with van der Waals surface area (Å²) in [6, 6.07) is 4.09. The third kappa shape index (κ3) is 10.7. The van der Waals surface area contributed by atoms with Crippen LogP contribution in [0.3, 0.4) is 0 Å². The molecule has 3 amide bonds. The first-order chi connectivity index (χ1) is 17.6. The minimum atomic E-state index is -0.844. The molecule has 0 aliphatic carbocycles. The van der Waals surface area contributed by atoms with Gasteiger partial charge in [-0.25, -0.2) is 4.79 Å². The van der Waals surface area contributed by atoms with Crippen LogP contribution in [0.4, 0.5) is 4.79 Å². The lowest BCUT2D eigenvalue weighted by atomic mass is 9.92. The Morgan fingerprint density at radius 1 is 1.00 bits per heavy atom. The maximum atomic E-state index is 14.4. The number of ether oxygens (including phenoxy) is 1. The Labute approximate surface area is 231 Å². The molecule has 3 atom stereocenters. The summed E-state index contributed by atoms with van der Waals surface area (Å²) in [5, 5.41) is 5.88. The molecular formula is C31H53N3O4. The van der Waals surface area contributed by atoms with Gasteiger partial charge in [-0.05, 0) is 83.8 Å². The smallest absolute Gasteiger partial charge is 0.408 e. The molecule has 2 N–H and O–H groups in total. The second-order valence-electron chi connectivity index (χ2n) is 12.3. The van der Waals surface area contributed by atoms with Crippen LogP contribution in [0.5, 0.6) is 0 Å². The van der Waals surface area contributed by atoms with Crippen LogP contribution in [0.1, 0.15) is 111 Å². The van der Waals surface area contributed by atoms with E-state index >= 15 is 0 Å². The lowest BCUT2D eigenvalue weighted by molar-refractivity contribution is -0.146. The number of aryl methyl sites for hydroxylation is 2. The topological polar surface area (TPSA) is 87.7 Å². The summed E-state index contributed by atoms with van der Waals surface area (Å²) in [4.78, 5) is 42.7. The Bertz CT molecular complexity index is 920. The van der Waals surface area contributed by atoms with Crippen molar-refractivity contribution in [2.45, 2.75) is 126 Å². The monoisotopic (exact) mass is 531 g/mol. The zero-order valence-corrected chi connectivity index (χ0v) is 25.7. The van der Waals surface area contributed by atoms with Crippen LogP contribution in [-0.2, 0) is 14.3 Å². The first-order valence-electron chi connectivity index (χ1n) is 14.3. The van der Waals surface area contributed by atoms with Crippen LogP contribution in [0, 0.1) is 25.7 Å². The molecule has 0 heterocycles. The van der Waals surface area contributed by atoms with E-state index in [0.29, 0.717) is 12.5 Å². The third-order valence-electron chi connectivity index (χ3n) is 6.57. The highest BCUT2D eigenvalue weighted by molar-refractivity contribution is 5.92. The predicted molar refractivity (Wildman–Crippen MR) is 155 cm³/mol. The first-order valence-corrected chi connectivity index (χ1v) is 14.3. The van der Waals surface area contributed by atoms with Crippen LogP contribution >= 0.6 is 0 Å². The molecule has 0 fully saturated rings. The van der Waals surface area contributed by atoms with Crippen molar-refractivity contribution in [3.63, 3.8) is 0 Å². The van der Waals surface area contributed by atoms with Gasteiger partial charge in [0.1, 0.15) is 17.7 Å². The Morgan fingerprint density at radius 2 is 1.63 bits per heavy atom. The van der Waals surface area contributed by atoms with Gasteiger partial charge in [0.05, 0.1) is 0 Å². The zero-order chi connectivity index (χ0) is 29.2. The minimum Gasteiger partial charge on any atom is -0.444 e. The molecule has 3 unspecified atom stereocenters. The highest BCUT2D eigenvalue weighted by Gasteiger charge is 2.40. The van der Waals surface area contributed by atoms with Crippen LogP contribution < -0.4 is 10.6 Å². The summed E-state index contributed by atoms with van der Waals surface area (Å²) in [5.41, 5.74) is 2.15. The molecule has 216 valence electrons. The van der Waals surface area contributed by atoms with Crippen molar-refractivity contribution >= 4 is 17.9 Å². The number of carbonyl (C=O) groups excluding carboxylic acids is 3. The molecule has 0 saturated carbocycles. The minimum absolute atomic E-state index is 0.199. The van der Waals surface area contributed by atoms with Crippen LogP contribution in [-0.4, -0.2) is 47.0 Å². The number of unbranched alkanes of at least 4 members (excludes halogenated alkanes) is 1. The highest BCUT2D eigenvalue weighted by atomic mass is 16.6. The molecule has 1 rings (SSSR count). The number of benzene rings is 1. The zero-order valence-electron chi connectivity index (χ0n) is 25.7. The number of alkyl carbamates (subject to hydrolysis) is 1. The van der Waals surface area contributed by atoms with Gasteiger partial charge in [-0.15, -0.1) is 0 Å².